The van der Waals surface area contributed by atoms with E-state index in [9.17, 15) is 22.4 Å². The van der Waals surface area contributed by atoms with Crippen LogP contribution in [0.2, 0.25) is 0 Å². The standard InChI is InChI=1S/C28H31FN2O4S/c1-6-25(31(36(5,34)35)24-16-14-22(29)15-17-24)27(33)30-23-9-7-8-20(18-23)26(32)19-10-12-21(13-11-19)28(2,3)4/h7-18,25H,6H2,1-5H3,(H,30,33). The van der Waals surface area contributed by atoms with Gasteiger partial charge in [-0.1, -0.05) is 64.1 Å². The fraction of sp³-hybridized carbons (Fsp3) is 0.286. The van der Waals surface area contributed by atoms with Crippen LogP contribution >= 0.6 is 0 Å². The van der Waals surface area contributed by atoms with Gasteiger partial charge in [0.05, 0.1) is 11.9 Å². The second-order valence-corrected chi connectivity index (χ2v) is 11.5. The van der Waals surface area contributed by atoms with Gasteiger partial charge in [0, 0.05) is 16.8 Å². The molecule has 3 rings (SSSR count). The lowest BCUT2D eigenvalue weighted by Gasteiger charge is -2.30. The Bertz CT molecular complexity index is 1350. The lowest BCUT2D eigenvalue weighted by Crippen LogP contribution is -2.47. The zero-order valence-corrected chi connectivity index (χ0v) is 21.9. The molecule has 36 heavy (non-hydrogen) atoms. The Morgan fingerprint density at radius 1 is 0.944 bits per heavy atom. The number of carbonyl (C=O) groups is 2. The average Bonchev–Trinajstić information content (AvgIpc) is 2.81. The van der Waals surface area contributed by atoms with Crippen molar-refractivity contribution < 1.29 is 22.4 Å². The molecule has 1 atom stereocenters. The third-order valence-corrected chi connectivity index (χ3v) is 7.00. The monoisotopic (exact) mass is 510 g/mol. The zero-order chi connectivity index (χ0) is 26.7. The second-order valence-electron chi connectivity index (χ2n) is 9.69. The van der Waals surface area contributed by atoms with E-state index in [2.05, 4.69) is 26.1 Å². The highest BCUT2D eigenvalue weighted by atomic mass is 32.2. The van der Waals surface area contributed by atoms with Crippen molar-refractivity contribution in [3.8, 4) is 0 Å². The fourth-order valence-electron chi connectivity index (χ4n) is 3.90. The highest BCUT2D eigenvalue weighted by Crippen LogP contribution is 2.25. The molecule has 0 bridgehead atoms. The Morgan fingerprint density at radius 3 is 2.08 bits per heavy atom. The van der Waals surface area contributed by atoms with Crippen molar-refractivity contribution in [1.82, 2.24) is 0 Å². The first-order valence-corrected chi connectivity index (χ1v) is 13.5. The van der Waals surface area contributed by atoms with Gasteiger partial charge in [0.15, 0.2) is 5.78 Å². The van der Waals surface area contributed by atoms with Crippen LogP contribution in [0.25, 0.3) is 0 Å². The molecule has 0 saturated heterocycles. The predicted molar refractivity (Wildman–Crippen MR) is 141 cm³/mol. The minimum absolute atomic E-state index is 0.0324. The Kier molecular flexibility index (Phi) is 7.99. The highest BCUT2D eigenvalue weighted by Gasteiger charge is 2.31. The Balaban J connectivity index is 1.84. The molecular weight excluding hydrogens is 479 g/mol. The molecule has 0 heterocycles. The minimum Gasteiger partial charge on any atom is -0.324 e. The smallest absolute Gasteiger partial charge is 0.248 e. The van der Waals surface area contributed by atoms with E-state index in [-0.39, 0.29) is 23.3 Å². The average molecular weight is 511 g/mol. The van der Waals surface area contributed by atoms with Crippen molar-refractivity contribution in [2.75, 3.05) is 15.9 Å². The first-order chi connectivity index (χ1) is 16.8. The van der Waals surface area contributed by atoms with Crippen molar-refractivity contribution in [3.05, 3.63) is 95.3 Å². The van der Waals surface area contributed by atoms with Gasteiger partial charge in [-0.15, -0.1) is 0 Å². The van der Waals surface area contributed by atoms with Crippen LogP contribution in [0.5, 0.6) is 0 Å². The number of nitrogens with one attached hydrogen (secondary N) is 1. The molecule has 1 N–H and O–H groups in total. The SMILES string of the molecule is CCC(C(=O)Nc1cccc(C(=O)c2ccc(C(C)(C)C)cc2)c1)N(c1ccc(F)cc1)S(C)(=O)=O. The van der Waals surface area contributed by atoms with Crippen LogP contribution in [-0.4, -0.2) is 32.4 Å². The van der Waals surface area contributed by atoms with Crippen LogP contribution in [0.3, 0.4) is 0 Å². The predicted octanol–water partition coefficient (Wildman–Crippen LogP) is 5.54. The van der Waals surface area contributed by atoms with Crippen LogP contribution < -0.4 is 9.62 Å². The topological polar surface area (TPSA) is 83.6 Å². The molecule has 1 unspecified atom stereocenters. The number of halogens is 1. The molecule has 0 aromatic heterocycles. The normalized spacial score (nSPS) is 12.6. The lowest BCUT2D eigenvalue weighted by molar-refractivity contribution is -0.117. The summed E-state index contributed by atoms with van der Waals surface area (Å²) < 4.78 is 39.5. The van der Waals surface area contributed by atoms with Gasteiger partial charge in [-0.25, -0.2) is 12.8 Å². The maximum absolute atomic E-state index is 13.4. The third kappa shape index (κ3) is 6.37. The van der Waals surface area contributed by atoms with E-state index in [1.54, 1.807) is 43.3 Å². The number of benzene rings is 3. The summed E-state index contributed by atoms with van der Waals surface area (Å²) >= 11 is 0. The molecule has 0 aliphatic carbocycles. The summed E-state index contributed by atoms with van der Waals surface area (Å²) in [5, 5.41) is 2.73. The van der Waals surface area contributed by atoms with Crippen LogP contribution in [0.1, 0.15) is 55.6 Å². The number of sulfonamides is 1. The van der Waals surface area contributed by atoms with E-state index in [0.29, 0.717) is 16.8 Å². The maximum Gasteiger partial charge on any atom is 0.248 e. The van der Waals surface area contributed by atoms with E-state index in [1.165, 1.54) is 12.1 Å². The molecule has 6 nitrogen and oxygen atoms in total. The summed E-state index contributed by atoms with van der Waals surface area (Å²) in [5.74, 6) is -1.27. The van der Waals surface area contributed by atoms with Crippen molar-refractivity contribution >= 4 is 33.1 Å². The van der Waals surface area contributed by atoms with Gasteiger partial charge < -0.3 is 5.32 Å². The van der Waals surface area contributed by atoms with Crippen LogP contribution in [0.4, 0.5) is 15.8 Å². The van der Waals surface area contributed by atoms with Gasteiger partial charge >= 0.3 is 0 Å². The summed E-state index contributed by atoms with van der Waals surface area (Å²) in [5.41, 5.74) is 2.55. The summed E-state index contributed by atoms with van der Waals surface area (Å²) in [6, 6.07) is 17.8. The van der Waals surface area contributed by atoms with E-state index in [1.807, 2.05) is 12.1 Å². The van der Waals surface area contributed by atoms with E-state index >= 15 is 0 Å². The fourth-order valence-corrected chi connectivity index (χ4v) is 5.11. The van der Waals surface area contributed by atoms with Crippen molar-refractivity contribution in [2.24, 2.45) is 0 Å². The van der Waals surface area contributed by atoms with E-state index in [0.717, 1.165) is 28.3 Å². The van der Waals surface area contributed by atoms with Crippen LogP contribution in [0, 0.1) is 5.82 Å². The van der Waals surface area contributed by atoms with Crippen molar-refractivity contribution in [1.29, 1.82) is 0 Å². The van der Waals surface area contributed by atoms with E-state index < -0.39 is 27.8 Å². The zero-order valence-electron chi connectivity index (χ0n) is 21.1. The summed E-state index contributed by atoms with van der Waals surface area (Å²) in [7, 11) is -3.86. The second kappa shape index (κ2) is 10.6. The third-order valence-electron chi connectivity index (χ3n) is 5.82. The minimum atomic E-state index is -3.86. The van der Waals surface area contributed by atoms with Gasteiger partial charge in [-0.2, -0.15) is 0 Å². The summed E-state index contributed by atoms with van der Waals surface area (Å²) in [4.78, 5) is 26.2. The molecule has 190 valence electrons. The summed E-state index contributed by atoms with van der Waals surface area (Å²) in [6.07, 6.45) is 1.17. The molecule has 0 aliphatic heterocycles. The molecule has 3 aromatic carbocycles. The quantitative estimate of drug-likeness (QED) is 0.404. The Labute approximate surface area is 212 Å². The number of nitrogens with zero attached hydrogens (tertiary/aromatic N) is 1. The largest absolute Gasteiger partial charge is 0.324 e. The van der Waals surface area contributed by atoms with Gasteiger partial charge in [-0.3, -0.25) is 13.9 Å². The molecule has 0 saturated carbocycles. The van der Waals surface area contributed by atoms with E-state index in [4.69, 9.17) is 0 Å². The lowest BCUT2D eigenvalue weighted by atomic mass is 9.86. The number of anilines is 2. The van der Waals surface area contributed by atoms with Crippen LogP contribution in [-0.2, 0) is 20.2 Å². The van der Waals surface area contributed by atoms with Gasteiger partial charge in [0.1, 0.15) is 11.9 Å². The molecule has 8 heteroatoms. The molecule has 0 radical (unpaired) electrons. The van der Waals surface area contributed by atoms with Crippen molar-refractivity contribution in [2.45, 2.75) is 45.6 Å². The number of rotatable bonds is 8. The molecular formula is C28H31FN2O4S. The molecule has 0 spiro atoms. The Hall–Kier alpha value is -3.52. The molecule has 3 aromatic rings. The number of hydrogen-bond acceptors (Lipinski definition) is 4. The van der Waals surface area contributed by atoms with Gasteiger partial charge in [-0.05, 0) is 53.8 Å². The summed E-state index contributed by atoms with van der Waals surface area (Å²) in [6.45, 7) is 7.98. The van der Waals surface area contributed by atoms with Crippen molar-refractivity contribution in [3.63, 3.8) is 0 Å². The Morgan fingerprint density at radius 2 is 1.56 bits per heavy atom. The number of ketones is 1. The first kappa shape index (κ1) is 27.1. The highest BCUT2D eigenvalue weighted by molar-refractivity contribution is 7.92. The molecule has 1 amide bonds. The number of amides is 1. The first-order valence-electron chi connectivity index (χ1n) is 11.6. The van der Waals surface area contributed by atoms with Crippen LogP contribution in [0.15, 0.2) is 72.8 Å². The molecule has 0 fully saturated rings. The van der Waals surface area contributed by atoms with Gasteiger partial charge in [0.2, 0.25) is 15.9 Å². The van der Waals surface area contributed by atoms with Gasteiger partial charge in [0.25, 0.3) is 0 Å². The number of carbonyl (C=O) groups excluding carboxylic acids is 2. The number of hydrogen-bond donors (Lipinski definition) is 1. The maximum atomic E-state index is 13.4. The molecule has 0 aliphatic rings.